The number of morpholine rings is 1. The molecule has 11 heteroatoms. The van der Waals surface area contributed by atoms with E-state index in [9.17, 15) is 5.11 Å². The Kier molecular flexibility index (Phi) is 6.61. The van der Waals surface area contributed by atoms with Crippen molar-refractivity contribution in [2.24, 2.45) is 34.4 Å². The van der Waals surface area contributed by atoms with Crippen LogP contribution < -0.4 is 48.8 Å². The Bertz CT molecular complexity index is 974. The standard InChI is InChI=1S/C21H29N7O4/c1-2-19(29,14-3-6-16(7-4-14)31-20(22,23)24)15-5-8-18(32-21(25,26)27)17(13-15)28-9-11-30-12-10-28/h1,3-8,13,29H,9-12,22-27H2. The van der Waals surface area contributed by atoms with E-state index in [1.807, 2.05) is 4.90 Å². The van der Waals surface area contributed by atoms with Crippen molar-refractivity contribution in [1.29, 1.82) is 0 Å². The second-order valence-electron chi connectivity index (χ2n) is 7.57. The highest BCUT2D eigenvalue weighted by Gasteiger charge is 2.32. The average molecular weight is 444 g/mol. The van der Waals surface area contributed by atoms with Crippen LogP contribution in [0.2, 0.25) is 0 Å². The van der Waals surface area contributed by atoms with Crippen LogP contribution in [0.1, 0.15) is 11.1 Å². The van der Waals surface area contributed by atoms with Gasteiger partial charge in [0.1, 0.15) is 11.5 Å². The third-order valence-electron chi connectivity index (χ3n) is 4.79. The molecule has 1 aliphatic heterocycles. The van der Waals surface area contributed by atoms with Crippen molar-refractivity contribution in [3.8, 4) is 23.8 Å². The molecule has 13 N–H and O–H groups in total. The molecule has 11 nitrogen and oxygen atoms in total. The van der Waals surface area contributed by atoms with Gasteiger partial charge in [0.05, 0.1) is 18.9 Å². The van der Waals surface area contributed by atoms with E-state index in [4.69, 9.17) is 55.0 Å². The van der Waals surface area contributed by atoms with Crippen LogP contribution in [0.3, 0.4) is 0 Å². The zero-order valence-electron chi connectivity index (χ0n) is 17.5. The van der Waals surface area contributed by atoms with Crippen molar-refractivity contribution < 1.29 is 19.3 Å². The molecule has 1 heterocycles. The number of aliphatic hydroxyl groups is 1. The van der Waals surface area contributed by atoms with Crippen molar-refractivity contribution in [2.75, 3.05) is 31.2 Å². The molecule has 0 radical (unpaired) electrons. The lowest BCUT2D eigenvalue weighted by molar-refractivity contribution is 0.0889. The summed E-state index contributed by atoms with van der Waals surface area (Å²) in [5.41, 5.74) is 32.9. The van der Waals surface area contributed by atoms with Crippen LogP contribution in [-0.4, -0.2) is 43.4 Å². The number of hydrogen-bond acceptors (Lipinski definition) is 11. The van der Waals surface area contributed by atoms with Crippen LogP contribution >= 0.6 is 0 Å². The highest BCUT2D eigenvalue weighted by molar-refractivity contribution is 5.63. The van der Waals surface area contributed by atoms with Gasteiger partial charge in [-0.15, -0.1) is 6.42 Å². The molecule has 1 atom stereocenters. The van der Waals surface area contributed by atoms with Crippen molar-refractivity contribution in [3.05, 3.63) is 53.6 Å². The molecule has 0 spiro atoms. The summed E-state index contributed by atoms with van der Waals surface area (Å²) in [6.07, 6.45) is 5.76. The molecule has 1 fully saturated rings. The molecule has 0 aromatic heterocycles. The number of benzene rings is 2. The minimum absolute atomic E-state index is 0.309. The molecule has 2 aromatic carbocycles. The van der Waals surface area contributed by atoms with E-state index in [1.54, 1.807) is 42.5 Å². The number of nitrogens with zero attached hydrogens (tertiary/aromatic N) is 1. The van der Waals surface area contributed by atoms with Gasteiger partial charge < -0.3 is 24.2 Å². The zero-order valence-corrected chi connectivity index (χ0v) is 17.5. The lowest BCUT2D eigenvalue weighted by atomic mass is 9.86. The van der Waals surface area contributed by atoms with Crippen LogP contribution in [0.4, 0.5) is 5.69 Å². The summed E-state index contributed by atoms with van der Waals surface area (Å²) >= 11 is 0. The number of terminal acetylenes is 1. The van der Waals surface area contributed by atoms with Gasteiger partial charge in [0.25, 0.3) is 11.9 Å². The maximum absolute atomic E-state index is 11.4. The summed E-state index contributed by atoms with van der Waals surface area (Å²) in [6.45, 7) is 2.22. The first-order valence-electron chi connectivity index (χ1n) is 9.80. The van der Waals surface area contributed by atoms with Gasteiger partial charge >= 0.3 is 0 Å². The van der Waals surface area contributed by atoms with Gasteiger partial charge in [0.2, 0.25) is 0 Å². The van der Waals surface area contributed by atoms with Gasteiger partial charge in [0, 0.05) is 24.2 Å². The van der Waals surface area contributed by atoms with Crippen LogP contribution in [0.25, 0.3) is 0 Å². The molecule has 1 unspecified atom stereocenters. The molecule has 1 aliphatic rings. The van der Waals surface area contributed by atoms with Crippen molar-refractivity contribution in [3.63, 3.8) is 0 Å². The summed E-state index contributed by atoms with van der Waals surface area (Å²) in [5, 5.41) is 11.4. The molecule has 0 bridgehead atoms. The Labute approximate surface area is 186 Å². The number of anilines is 1. The normalized spacial score (nSPS) is 16.8. The number of nitrogens with two attached hydrogens (primary N) is 6. The topological polar surface area (TPSA) is 207 Å². The Morgan fingerprint density at radius 3 is 1.97 bits per heavy atom. The fourth-order valence-electron chi connectivity index (χ4n) is 3.37. The molecule has 32 heavy (non-hydrogen) atoms. The Hall–Kier alpha value is -2.92. The number of hydrogen-bond donors (Lipinski definition) is 7. The fourth-order valence-corrected chi connectivity index (χ4v) is 3.37. The summed E-state index contributed by atoms with van der Waals surface area (Å²) in [7, 11) is 0. The first-order valence-corrected chi connectivity index (χ1v) is 9.80. The van der Waals surface area contributed by atoms with Gasteiger partial charge in [-0.2, -0.15) is 0 Å². The van der Waals surface area contributed by atoms with Gasteiger partial charge in [-0.05, 0) is 24.3 Å². The smallest absolute Gasteiger partial charge is 0.271 e. The van der Waals surface area contributed by atoms with E-state index in [-0.39, 0.29) is 0 Å². The van der Waals surface area contributed by atoms with Gasteiger partial charge in [-0.3, -0.25) is 34.4 Å². The van der Waals surface area contributed by atoms with Crippen molar-refractivity contribution in [1.82, 2.24) is 0 Å². The Balaban J connectivity index is 2.01. The largest absolute Gasteiger partial charge is 0.447 e. The average Bonchev–Trinajstić information content (AvgIpc) is 2.72. The van der Waals surface area contributed by atoms with E-state index in [0.717, 1.165) is 0 Å². The molecule has 3 rings (SSSR count). The highest BCUT2D eigenvalue weighted by atomic mass is 16.5. The third-order valence-corrected chi connectivity index (χ3v) is 4.79. The third kappa shape index (κ3) is 5.65. The predicted octanol–water partition coefficient (Wildman–Crippen LogP) is -1.88. The first kappa shape index (κ1) is 23.7. The summed E-state index contributed by atoms with van der Waals surface area (Å²) in [6, 6.07) is 11.2. The number of ether oxygens (including phenoxy) is 3. The monoisotopic (exact) mass is 443 g/mol. The van der Waals surface area contributed by atoms with E-state index in [0.29, 0.717) is 54.6 Å². The van der Waals surface area contributed by atoms with Gasteiger partial charge in [0.15, 0.2) is 5.60 Å². The molecule has 0 saturated carbocycles. The van der Waals surface area contributed by atoms with Gasteiger partial charge in [-0.1, -0.05) is 24.1 Å². The predicted molar refractivity (Wildman–Crippen MR) is 120 cm³/mol. The molecular weight excluding hydrogens is 414 g/mol. The Morgan fingerprint density at radius 1 is 0.875 bits per heavy atom. The summed E-state index contributed by atoms with van der Waals surface area (Å²) in [4.78, 5) is 2.01. The van der Waals surface area contributed by atoms with Crippen molar-refractivity contribution in [2.45, 2.75) is 17.5 Å². The second-order valence-corrected chi connectivity index (χ2v) is 7.57. The van der Waals surface area contributed by atoms with Gasteiger partial charge in [-0.25, -0.2) is 0 Å². The maximum atomic E-state index is 11.4. The molecule has 2 aromatic rings. The maximum Gasteiger partial charge on any atom is 0.271 e. The SMILES string of the molecule is C#CC(O)(c1ccc(OC(N)(N)N)cc1)c1ccc(OC(N)(N)N)c(N2CCOCC2)c1. The molecule has 0 amide bonds. The lowest BCUT2D eigenvalue weighted by Gasteiger charge is -2.33. The summed E-state index contributed by atoms with van der Waals surface area (Å²) < 4.78 is 16.1. The fraction of sp³-hybridized carbons (Fsp3) is 0.333. The van der Waals surface area contributed by atoms with E-state index >= 15 is 0 Å². The minimum atomic E-state index is -1.88. The molecular formula is C21H29N7O4. The van der Waals surface area contributed by atoms with E-state index in [2.05, 4.69) is 5.92 Å². The lowest BCUT2D eigenvalue weighted by Crippen LogP contribution is -2.62. The molecule has 172 valence electrons. The molecule has 0 aliphatic carbocycles. The molecule has 1 saturated heterocycles. The van der Waals surface area contributed by atoms with E-state index in [1.165, 1.54) is 0 Å². The summed E-state index contributed by atoms with van der Waals surface area (Å²) in [5.74, 6) is -0.608. The second kappa shape index (κ2) is 8.91. The highest BCUT2D eigenvalue weighted by Crippen LogP contribution is 2.37. The van der Waals surface area contributed by atoms with E-state index < -0.39 is 17.5 Å². The Morgan fingerprint density at radius 2 is 1.44 bits per heavy atom. The van der Waals surface area contributed by atoms with Crippen LogP contribution in [-0.2, 0) is 10.3 Å². The van der Waals surface area contributed by atoms with Crippen molar-refractivity contribution >= 4 is 5.69 Å². The van der Waals surface area contributed by atoms with Crippen LogP contribution in [0, 0.1) is 12.3 Å². The number of rotatable bonds is 7. The first-order chi connectivity index (χ1) is 14.9. The van der Waals surface area contributed by atoms with Crippen LogP contribution in [0.15, 0.2) is 42.5 Å². The quantitative estimate of drug-likeness (QED) is 0.186. The van der Waals surface area contributed by atoms with Crippen LogP contribution in [0.5, 0.6) is 11.5 Å². The minimum Gasteiger partial charge on any atom is -0.447 e. The zero-order chi connectivity index (χ0) is 23.6.